The van der Waals surface area contributed by atoms with E-state index in [1.807, 2.05) is 59.3 Å². The van der Waals surface area contributed by atoms with Crippen molar-refractivity contribution in [2.24, 2.45) is 0 Å². The lowest BCUT2D eigenvalue weighted by atomic mass is 9.95. The third kappa shape index (κ3) is 4.74. The lowest BCUT2D eigenvalue weighted by Crippen LogP contribution is -2.31. The van der Waals surface area contributed by atoms with Crippen molar-refractivity contribution in [2.45, 2.75) is 19.0 Å². The second kappa shape index (κ2) is 10.3. The maximum Gasteiger partial charge on any atom is 0.295 e. The van der Waals surface area contributed by atoms with Gasteiger partial charge in [0.1, 0.15) is 17.3 Å². The number of benzene rings is 2. The molecule has 4 aromatic rings. The van der Waals surface area contributed by atoms with Crippen molar-refractivity contribution >= 4 is 17.4 Å². The molecule has 1 saturated heterocycles. The predicted octanol–water partition coefficient (Wildman–Crippen LogP) is 4.58. The second-order valence-electron chi connectivity index (χ2n) is 8.37. The van der Waals surface area contributed by atoms with Gasteiger partial charge >= 0.3 is 0 Å². The quantitative estimate of drug-likeness (QED) is 0.225. The Labute approximate surface area is 208 Å². The molecular formula is C28H24N4O4. The molecule has 8 heteroatoms. The van der Waals surface area contributed by atoms with Crippen molar-refractivity contribution in [3.63, 3.8) is 0 Å². The van der Waals surface area contributed by atoms with Crippen molar-refractivity contribution in [2.75, 3.05) is 6.54 Å². The van der Waals surface area contributed by atoms with Crippen LogP contribution in [0.3, 0.4) is 0 Å². The van der Waals surface area contributed by atoms with Crippen molar-refractivity contribution < 1.29 is 19.4 Å². The summed E-state index contributed by atoms with van der Waals surface area (Å²) >= 11 is 0. The normalized spacial score (nSPS) is 16.9. The molecule has 1 fully saturated rings. The second-order valence-corrected chi connectivity index (χ2v) is 8.37. The van der Waals surface area contributed by atoms with Crippen LogP contribution in [0.2, 0.25) is 0 Å². The molecule has 0 aliphatic carbocycles. The summed E-state index contributed by atoms with van der Waals surface area (Å²) in [6, 6.07) is 19.0. The number of hydrogen-bond acceptors (Lipinski definition) is 6. The van der Waals surface area contributed by atoms with Crippen molar-refractivity contribution in [1.29, 1.82) is 0 Å². The van der Waals surface area contributed by atoms with E-state index in [1.54, 1.807) is 30.7 Å². The number of aromatic nitrogens is 3. The van der Waals surface area contributed by atoms with Crippen molar-refractivity contribution in [3.05, 3.63) is 115 Å². The number of Topliss-reactive ketones (excluding diaryl/α,β-unsaturated/α-hetero) is 1. The fourth-order valence-electron chi connectivity index (χ4n) is 4.34. The van der Waals surface area contributed by atoms with Crippen LogP contribution >= 0.6 is 0 Å². The van der Waals surface area contributed by atoms with E-state index in [0.717, 1.165) is 0 Å². The van der Waals surface area contributed by atoms with Gasteiger partial charge in [-0.2, -0.15) is 0 Å². The number of amides is 1. The molecule has 1 aliphatic heterocycles. The summed E-state index contributed by atoms with van der Waals surface area (Å²) in [5.74, 6) is -0.360. The molecule has 2 aromatic heterocycles. The van der Waals surface area contributed by atoms with Gasteiger partial charge in [0.05, 0.1) is 17.9 Å². The molecule has 3 heterocycles. The standard InChI is InChI=1S/C28H24N4O4/c33-26(20-10-12-29-13-11-20)24-25(21-6-4-9-23(18-21)36-22-7-2-1-3-8-22)32(28(35)27(24)34)16-5-15-31-17-14-30-19-31/h1-4,6-14,17-19,25,33H,5,15-16H2. The molecular weight excluding hydrogens is 456 g/mol. The van der Waals surface area contributed by atoms with Gasteiger partial charge in [0.2, 0.25) is 0 Å². The number of likely N-dealkylation sites (tertiary alicyclic amines) is 1. The largest absolute Gasteiger partial charge is 0.507 e. The fourth-order valence-corrected chi connectivity index (χ4v) is 4.34. The Bertz CT molecular complexity index is 1390. The Hall–Kier alpha value is -4.72. The first-order chi connectivity index (χ1) is 17.6. The third-order valence-corrected chi connectivity index (χ3v) is 6.02. The minimum Gasteiger partial charge on any atom is -0.507 e. The Balaban J connectivity index is 1.52. The number of imidazole rings is 1. The maximum atomic E-state index is 13.2. The molecule has 0 saturated carbocycles. The molecule has 36 heavy (non-hydrogen) atoms. The summed E-state index contributed by atoms with van der Waals surface area (Å²) in [6.45, 7) is 0.960. The van der Waals surface area contributed by atoms with E-state index in [2.05, 4.69) is 9.97 Å². The van der Waals surface area contributed by atoms with E-state index >= 15 is 0 Å². The number of aliphatic hydroxyl groups is 1. The van der Waals surface area contributed by atoms with Crippen LogP contribution in [0.4, 0.5) is 0 Å². The van der Waals surface area contributed by atoms with Crippen LogP contribution in [0.5, 0.6) is 11.5 Å². The van der Waals surface area contributed by atoms with E-state index in [4.69, 9.17) is 4.74 Å². The third-order valence-electron chi connectivity index (χ3n) is 6.02. The summed E-state index contributed by atoms with van der Waals surface area (Å²) in [6.07, 6.45) is 8.91. The smallest absolute Gasteiger partial charge is 0.295 e. The zero-order valence-electron chi connectivity index (χ0n) is 19.4. The summed E-state index contributed by atoms with van der Waals surface area (Å²) in [4.78, 5) is 35.9. The Morgan fingerprint density at radius 3 is 2.42 bits per heavy atom. The molecule has 1 unspecified atom stereocenters. The molecule has 1 amide bonds. The van der Waals surface area contributed by atoms with Gasteiger partial charge < -0.3 is 19.3 Å². The summed E-state index contributed by atoms with van der Waals surface area (Å²) in [5, 5.41) is 11.1. The number of nitrogens with zero attached hydrogens (tertiary/aromatic N) is 4. The topological polar surface area (TPSA) is 97.6 Å². The molecule has 0 spiro atoms. The molecule has 2 aromatic carbocycles. The monoisotopic (exact) mass is 480 g/mol. The van der Waals surface area contributed by atoms with Crippen LogP contribution in [0, 0.1) is 0 Å². The van der Waals surface area contributed by atoms with Gasteiger partial charge in [-0.15, -0.1) is 0 Å². The number of aryl methyl sites for hydroxylation is 1. The SMILES string of the molecule is O=C1C(=O)N(CCCn2ccnc2)C(c2cccc(Oc3ccccc3)c2)C1=C(O)c1ccncc1. The average Bonchev–Trinajstić information content (AvgIpc) is 3.52. The zero-order valence-corrected chi connectivity index (χ0v) is 19.4. The predicted molar refractivity (Wildman–Crippen MR) is 133 cm³/mol. The first-order valence-corrected chi connectivity index (χ1v) is 11.6. The van der Waals surface area contributed by atoms with Gasteiger partial charge in [0.25, 0.3) is 11.7 Å². The minimum atomic E-state index is -0.764. The van der Waals surface area contributed by atoms with Gasteiger partial charge in [0.15, 0.2) is 0 Å². The number of aliphatic hydroxyl groups excluding tert-OH is 1. The highest BCUT2D eigenvalue weighted by molar-refractivity contribution is 6.46. The lowest BCUT2D eigenvalue weighted by molar-refractivity contribution is -0.139. The van der Waals surface area contributed by atoms with Crippen molar-refractivity contribution in [1.82, 2.24) is 19.4 Å². The lowest BCUT2D eigenvalue weighted by Gasteiger charge is -2.25. The van der Waals surface area contributed by atoms with Crippen LogP contribution in [0.15, 0.2) is 103 Å². The molecule has 1 atom stereocenters. The molecule has 0 radical (unpaired) electrons. The van der Waals surface area contributed by atoms with E-state index in [-0.39, 0.29) is 11.3 Å². The summed E-state index contributed by atoms with van der Waals surface area (Å²) in [7, 11) is 0. The van der Waals surface area contributed by atoms with Gasteiger partial charge in [0, 0.05) is 43.4 Å². The number of carbonyl (C=O) groups excluding carboxylic acids is 2. The highest BCUT2D eigenvalue weighted by Gasteiger charge is 2.45. The zero-order chi connectivity index (χ0) is 24.9. The number of ether oxygens (including phenoxy) is 1. The highest BCUT2D eigenvalue weighted by atomic mass is 16.5. The number of pyridine rings is 1. The van der Waals surface area contributed by atoms with Crippen molar-refractivity contribution in [3.8, 4) is 11.5 Å². The number of rotatable bonds is 8. The van der Waals surface area contributed by atoms with E-state index in [0.29, 0.717) is 42.1 Å². The average molecular weight is 481 g/mol. The van der Waals surface area contributed by atoms with Gasteiger partial charge in [-0.05, 0) is 48.4 Å². The maximum absolute atomic E-state index is 13.2. The van der Waals surface area contributed by atoms with Gasteiger partial charge in [-0.25, -0.2) is 4.98 Å². The van der Waals surface area contributed by atoms with Crippen LogP contribution in [0.25, 0.3) is 5.76 Å². The Kier molecular flexibility index (Phi) is 6.57. The van der Waals surface area contributed by atoms with Crippen LogP contribution in [-0.4, -0.2) is 42.8 Å². The van der Waals surface area contributed by atoms with Crippen LogP contribution in [0.1, 0.15) is 23.6 Å². The summed E-state index contributed by atoms with van der Waals surface area (Å²) in [5.41, 5.74) is 1.13. The minimum absolute atomic E-state index is 0.0469. The van der Waals surface area contributed by atoms with E-state index in [9.17, 15) is 14.7 Å². The number of para-hydroxylation sites is 1. The molecule has 8 nitrogen and oxygen atoms in total. The Morgan fingerprint density at radius 1 is 0.889 bits per heavy atom. The number of ketones is 1. The first-order valence-electron chi connectivity index (χ1n) is 11.6. The molecule has 1 aliphatic rings. The molecule has 0 bridgehead atoms. The van der Waals surface area contributed by atoms with E-state index in [1.165, 1.54) is 17.3 Å². The number of carbonyl (C=O) groups is 2. The first kappa shape index (κ1) is 23.0. The van der Waals surface area contributed by atoms with Crippen LogP contribution < -0.4 is 4.74 Å². The fraction of sp³-hybridized carbons (Fsp3) is 0.143. The molecule has 1 N–H and O–H groups in total. The summed E-state index contributed by atoms with van der Waals surface area (Å²) < 4.78 is 7.91. The van der Waals surface area contributed by atoms with Crippen LogP contribution in [-0.2, 0) is 16.1 Å². The molecule has 5 rings (SSSR count). The number of hydrogen-bond donors (Lipinski definition) is 1. The van der Waals surface area contributed by atoms with E-state index < -0.39 is 17.7 Å². The Morgan fingerprint density at radius 2 is 1.67 bits per heavy atom. The highest BCUT2D eigenvalue weighted by Crippen LogP contribution is 2.40. The molecule has 180 valence electrons. The van der Waals surface area contributed by atoms with Gasteiger partial charge in [-0.3, -0.25) is 14.6 Å². The van der Waals surface area contributed by atoms with Gasteiger partial charge in [-0.1, -0.05) is 30.3 Å².